The van der Waals surface area contributed by atoms with Crippen molar-refractivity contribution in [2.75, 3.05) is 13.1 Å². The van der Waals surface area contributed by atoms with Crippen LogP contribution >= 0.6 is 0 Å². The number of nitrogens with one attached hydrogen (secondary N) is 2. The van der Waals surface area contributed by atoms with Crippen LogP contribution in [-0.4, -0.2) is 25.5 Å². The summed E-state index contributed by atoms with van der Waals surface area (Å²) in [6.07, 6.45) is 36.3. The number of hydrogen-bond donors (Lipinski definition) is 2. The van der Waals surface area contributed by atoms with Gasteiger partial charge in [-0.2, -0.15) is 0 Å². The molecule has 0 saturated carbocycles. The van der Waals surface area contributed by atoms with E-state index in [2.05, 4.69) is 38.3 Å². The second kappa shape index (κ2) is 32.1. The van der Waals surface area contributed by atoms with Gasteiger partial charge in [-0.05, 0) is 38.8 Å². The zero-order valence-electron chi connectivity index (χ0n) is 26.4. The Bertz CT molecular complexity index is 367. The molecule has 0 bridgehead atoms. The van der Waals surface area contributed by atoms with Crippen molar-refractivity contribution in [3.63, 3.8) is 0 Å². The smallest absolute Gasteiger partial charge is 0.109 e. The standard InChI is InChI=1S/C34H72N2O/c1-5-9-11-13-15-17-19-21-23-25-27-29-31-35-33(7-3)37-34(8-4)36-32-30-28-26-24-22-20-18-16-14-12-10-6-2/h33-36H,5-32H2,1-4H3. The highest BCUT2D eigenvalue weighted by atomic mass is 16.5. The molecule has 0 amide bonds. The zero-order valence-corrected chi connectivity index (χ0v) is 26.4. The summed E-state index contributed by atoms with van der Waals surface area (Å²) in [4.78, 5) is 0. The largest absolute Gasteiger partial charge is 0.345 e. The quantitative estimate of drug-likeness (QED) is 0.0678. The van der Waals surface area contributed by atoms with Crippen molar-refractivity contribution in [1.29, 1.82) is 0 Å². The minimum Gasteiger partial charge on any atom is -0.345 e. The molecular formula is C34H72N2O. The zero-order chi connectivity index (χ0) is 27.1. The molecule has 0 aromatic rings. The van der Waals surface area contributed by atoms with Gasteiger partial charge in [0.25, 0.3) is 0 Å². The highest BCUT2D eigenvalue weighted by Crippen LogP contribution is 2.13. The molecule has 224 valence electrons. The van der Waals surface area contributed by atoms with E-state index < -0.39 is 0 Å². The van der Waals surface area contributed by atoms with Gasteiger partial charge in [0.05, 0.1) is 0 Å². The SMILES string of the molecule is CCCCCCCCCCCCCCNC(CC)OC(CC)NCCCCCCCCCCCCCC. The monoisotopic (exact) mass is 525 g/mol. The number of unbranched alkanes of at least 4 members (excludes halogenated alkanes) is 22. The predicted octanol–water partition coefficient (Wildman–Crippen LogP) is 11.1. The molecule has 3 nitrogen and oxygen atoms in total. The van der Waals surface area contributed by atoms with Crippen LogP contribution in [0.3, 0.4) is 0 Å². The van der Waals surface area contributed by atoms with E-state index in [4.69, 9.17) is 4.74 Å². The number of rotatable bonds is 32. The van der Waals surface area contributed by atoms with E-state index in [1.54, 1.807) is 0 Å². The van der Waals surface area contributed by atoms with Crippen molar-refractivity contribution < 1.29 is 4.74 Å². The first-order valence-electron chi connectivity index (χ1n) is 17.4. The van der Waals surface area contributed by atoms with E-state index in [0.29, 0.717) is 0 Å². The molecule has 0 aromatic carbocycles. The van der Waals surface area contributed by atoms with E-state index in [0.717, 1.165) is 25.9 Å². The first kappa shape index (κ1) is 36.9. The molecule has 0 aliphatic heterocycles. The van der Waals surface area contributed by atoms with Gasteiger partial charge in [0.1, 0.15) is 12.5 Å². The van der Waals surface area contributed by atoms with Crippen molar-refractivity contribution in [3.8, 4) is 0 Å². The maximum atomic E-state index is 6.34. The van der Waals surface area contributed by atoms with Gasteiger partial charge in [0.15, 0.2) is 0 Å². The summed E-state index contributed by atoms with van der Waals surface area (Å²) in [5, 5.41) is 7.31. The van der Waals surface area contributed by atoms with Crippen LogP contribution in [0.1, 0.15) is 195 Å². The molecule has 0 fully saturated rings. The van der Waals surface area contributed by atoms with Crippen molar-refractivity contribution in [1.82, 2.24) is 10.6 Å². The first-order valence-corrected chi connectivity index (χ1v) is 17.4. The topological polar surface area (TPSA) is 33.3 Å². The maximum absolute atomic E-state index is 6.34. The number of hydrogen-bond acceptors (Lipinski definition) is 3. The van der Waals surface area contributed by atoms with E-state index in [1.165, 1.54) is 154 Å². The van der Waals surface area contributed by atoms with Gasteiger partial charge in [-0.1, -0.05) is 169 Å². The predicted molar refractivity (Wildman–Crippen MR) is 167 cm³/mol. The van der Waals surface area contributed by atoms with Crippen molar-refractivity contribution in [2.24, 2.45) is 0 Å². The molecule has 37 heavy (non-hydrogen) atoms. The lowest BCUT2D eigenvalue weighted by molar-refractivity contribution is -0.0495. The highest BCUT2D eigenvalue weighted by molar-refractivity contribution is 4.61. The molecule has 0 aromatic heterocycles. The van der Waals surface area contributed by atoms with Crippen LogP contribution in [-0.2, 0) is 4.74 Å². The third-order valence-corrected chi connectivity index (χ3v) is 7.87. The summed E-state index contributed by atoms with van der Waals surface area (Å²) in [5.74, 6) is 0. The third kappa shape index (κ3) is 28.7. The Morgan fingerprint density at radius 3 is 0.838 bits per heavy atom. The van der Waals surface area contributed by atoms with E-state index in [-0.39, 0.29) is 12.5 Å². The van der Waals surface area contributed by atoms with E-state index in [9.17, 15) is 0 Å². The van der Waals surface area contributed by atoms with Gasteiger partial charge in [-0.3, -0.25) is 10.6 Å². The van der Waals surface area contributed by atoms with Crippen LogP contribution in [0.5, 0.6) is 0 Å². The summed E-state index contributed by atoms with van der Waals surface area (Å²) in [5.41, 5.74) is 0. The molecule has 0 saturated heterocycles. The molecule has 2 N–H and O–H groups in total. The van der Waals surface area contributed by atoms with Crippen LogP contribution in [0, 0.1) is 0 Å². The minimum absolute atomic E-state index is 0.187. The van der Waals surface area contributed by atoms with Crippen molar-refractivity contribution in [3.05, 3.63) is 0 Å². The van der Waals surface area contributed by atoms with Gasteiger partial charge in [0.2, 0.25) is 0 Å². The lowest BCUT2D eigenvalue weighted by Crippen LogP contribution is -2.41. The van der Waals surface area contributed by atoms with Crippen molar-refractivity contribution in [2.45, 2.75) is 207 Å². The highest BCUT2D eigenvalue weighted by Gasteiger charge is 2.12. The lowest BCUT2D eigenvalue weighted by Gasteiger charge is -2.25. The van der Waals surface area contributed by atoms with Gasteiger partial charge < -0.3 is 4.74 Å². The normalized spacial score (nSPS) is 13.3. The molecule has 0 rings (SSSR count). The van der Waals surface area contributed by atoms with Gasteiger partial charge in [-0.15, -0.1) is 0 Å². The Kier molecular flexibility index (Phi) is 32.0. The maximum Gasteiger partial charge on any atom is 0.109 e. The van der Waals surface area contributed by atoms with E-state index >= 15 is 0 Å². The summed E-state index contributed by atoms with van der Waals surface area (Å²) < 4.78 is 6.34. The fourth-order valence-corrected chi connectivity index (χ4v) is 5.23. The molecule has 0 radical (unpaired) electrons. The Balaban J connectivity index is 3.53. The Hall–Kier alpha value is -0.120. The minimum atomic E-state index is 0.187. The second-order valence-corrected chi connectivity index (χ2v) is 11.6. The van der Waals surface area contributed by atoms with Gasteiger partial charge in [0, 0.05) is 0 Å². The van der Waals surface area contributed by atoms with Gasteiger partial charge >= 0.3 is 0 Å². The molecule has 2 unspecified atom stereocenters. The van der Waals surface area contributed by atoms with Crippen LogP contribution in [0.25, 0.3) is 0 Å². The third-order valence-electron chi connectivity index (χ3n) is 7.87. The Morgan fingerprint density at radius 1 is 0.351 bits per heavy atom. The molecular weight excluding hydrogens is 452 g/mol. The molecule has 0 aliphatic rings. The molecule has 0 spiro atoms. The van der Waals surface area contributed by atoms with Crippen LogP contribution < -0.4 is 10.6 Å². The summed E-state index contributed by atoms with van der Waals surface area (Å²) in [6.45, 7) is 11.2. The molecule has 0 heterocycles. The fraction of sp³-hybridized carbons (Fsp3) is 1.00. The average molecular weight is 525 g/mol. The van der Waals surface area contributed by atoms with Gasteiger partial charge in [-0.25, -0.2) is 0 Å². The lowest BCUT2D eigenvalue weighted by atomic mass is 10.1. The van der Waals surface area contributed by atoms with Crippen LogP contribution in [0.2, 0.25) is 0 Å². The Morgan fingerprint density at radius 2 is 0.595 bits per heavy atom. The van der Waals surface area contributed by atoms with E-state index in [1.807, 2.05) is 0 Å². The average Bonchev–Trinajstić information content (AvgIpc) is 2.92. The molecule has 3 heteroatoms. The first-order chi connectivity index (χ1) is 18.3. The van der Waals surface area contributed by atoms with Crippen molar-refractivity contribution >= 4 is 0 Å². The van der Waals surface area contributed by atoms with Crippen LogP contribution in [0.15, 0.2) is 0 Å². The fourth-order valence-electron chi connectivity index (χ4n) is 5.23. The summed E-state index contributed by atoms with van der Waals surface area (Å²) in [7, 11) is 0. The van der Waals surface area contributed by atoms with Crippen LogP contribution in [0.4, 0.5) is 0 Å². The summed E-state index contributed by atoms with van der Waals surface area (Å²) >= 11 is 0. The second-order valence-electron chi connectivity index (χ2n) is 11.6. The summed E-state index contributed by atoms with van der Waals surface area (Å²) in [6, 6.07) is 0. The Labute approximate surface area is 235 Å². The number of ether oxygens (including phenoxy) is 1. The molecule has 0 aliphatic carbocycles. The molecule has 2 atom stereocenters.